The first-order valence-corrected chi connectivity index (χ1v) is 8.10. The number of aromatic nitrogens is 3. The maximum atomic E-state index is 13.6. The van der Waals surface area contributed by atoms with Gasteiger partial charge in [-0.25, -0.2) is 18.9 Å². The molecule has 0 atom stereocenters. The summed E-state index contributed by atoms with van der Waals surface area (Å²) in [6, 6.07) is 18.6. The van der Waals surface area contributed by atoms with Crippen LogP contribution < -0.4 is 10.9 Å². The van der Waals surface area contributed by atoms with Crippen LogP contribution in [0.3, 0.4) is 0 Å². The summed E-state index contributed by atoms with van der Waals surface area (Å²) < 4.78 is 15.1. The van der Waals surface area contributed by atoms with Gasteiger partial charge in [-0.2, -0.15) is 0 Å². The topological polar surface area (TPSA) is 59.8 Å². The summed E-state index contributed by atoms with van der Waals surface area (Å²) >= 11 is 0. The number of pyridine rings is 1. The van der Waals surface area contributed by atoms with Crippen molar-refractivity contribution in [3.63, 3.8) is 0 Å². The average Bonchev–Trinajstić information content (AvgIpc) is 2.63. The largest absolute Gasteiger partial charge is 0.310 e. The standard InChI is InChI=1S/C20H15FN4O/c1-13-6-5-9-18(22-13)24-20-23-17-11-10-14(21)12-16(17)19(26)25(20)15-7-3-2-4-8-15/h2-12H,1H3,(H,22,23,24). The van der Waals surface area contributed by atoms with E-state index >= 15 is 0 Å². The molecule has 128 valence electrons. The van der Waals surface area contributed by atoms with E-state index in [2.05, 4.69) is 15.3 Å². The fourth-order valence-corrected chi connectivity index (χ4v) is 2.79. The lowest BCUT2D eigenvalue weighted by atomic mass is 10.2. The minimum absolute atomic E-state index is 0.219. The SMILES string of the molecule is Cc1cccc(Nc2nc3ccc(F)cc3c(=O)n2-c2ccccc2)n1. The predicted octanol–water partition coefficient (Wildman–Crippen LogP) is 3.97. The van der Waals surface area contributed by atoms with Crippen LogP contribution in [0.25, 0.3) is 16.6 Å². The summed E-state index contributed by atoms with van der Waals surface area (Å²) in [5.41, 5.74) is 1.53. The maximum absolute atomic E-state index is 13.6. The fraction of sp³-hybridized carbons (Fsp3) is 0.0500. The first-order valence-electron chi connectivity index (χ1n) is 8.10. The highest BCUT2D eigenvalue weighted by Gasteiger charge is 2.14. The first-order chi connectivity index (χ1) is 12.6. The van der Waals surface area contributed by atoms with Crippen LogP contribution >= 0.6 is 0 Å². The number of hydrogen-bond donors (Lipinski definition) is 1. The molecule has 0 aliphatic carbocycles. The second kappa shape index (κ2) is 6.40. The molecule has 0 saturated carbocycles. The molecular weight excluding hydrogens is 331 g/mol. The maximum Gasteiger partial charge on any atom is 0.267 e. The number of hydrogen-bond acceptors (Lipinski definition) is 4. The third-order valence-corrected chi connectivity index (χ3v) is 3.97. The van der Waals surface area contributed by atoms with Crippen molar-refractivity contribution in [2.24, 2.45) is 0 Å². The minimum atomic E-state index is -0.475. The lowest BCUT2D eigenvalue weighted by Gasteiger charge is -2.14. The molecule has 0 fully saturated rings. The molecule has 26 heavy (non-hydrogen) atoms. The number of fused-ring (bicyclic) bond motifs is 1. The van der Waals surface area contributed by atoms with Crippen LogP contribution in [0.15, 0.2) is 71.5 Å². The van der Waals surface area contributed by atoms with E-state index < -0.39 is 5.82 Å². The highest BCUT2D eigenvalue weighted by Crippen LogP contribution is 2.20. The van der Waals surface area contributed by atoms with Gasteiger partial charge >= 0.3 is 0 Å². The van der Waals surface area contributed by atoms with Crippen LogP contribution in [0, 0.1) is 12.7 Å². The lowest BCUT2D eigenvalue weighted by molar-refractivity contribution is 0.629. The Bertz CT molecular complexity index is 1160. The van der Waals surface area contributed by atoms with Crippen molar-refractivity contribution in [3.05, 3.63) is 88.6 Å². The molecule has 2 aromatic heterocycles. The summed E-state index contributed by atoms with van der Waals surface area (Å²) in [5, 5.41) is 3.33. The van der Waals surface area contributed by atoms with Gasteiger partial charge in [0, 0.05) is 5.69 Å². The molecule has 0 saturated heterocycles. The van der Waals surface area contributed by atoms with Gasteiger partial charge in [0.25, 0.3) is 5.56 Å². The molecule has 0 aliphatic heterocycles. The van der Waals surface area contributed by atoms with E-state index in [0.717, 1.165) is 5.69 Å². The summed E-state index contributed by atoms with van der Waals surface area (Å²) in [6.07, 6.45) is 0. The molecule has 4 aromatic rings. The van der Waals surface area contributed by atoms with Crippen LogP contribution in [0.1, 0.15) is 5.69 Å². The number of halogens is 1. The van der Waals surface area contributed by atoms with Crippen LogP contribution in [-0.4, -0.2) is 14.5 Å². The van der Waals surface area contributed by atoms with Crippen LogP contribution in [0.5, 0.6) is 0 Å². The van der Waals surface area contributed by atoms with E-state index in [1.807, 2.05) is 37.3 Å². The molecule has 1 N–H and O–H groups in total. The van der Waals surface area contributed by atoms with Crippen LogP contribution in [-0.2, 0) is 0 Å². The molecule has 0 bridgehead atoms. The zero-order valence-corrected chi connectivity index (χ0v) is 14.0. The average molecular weight is 346 g/mol. The Balaban J connectivity index is 1.98. The zero-order valence-electron chi connectivity index (χ0n) is 14.0. The van der Waals surface area contributed by atoms with Crippen molar-refractivity contribution in [1.29, 1.82) is 0 Å². The molecule has 0 amide bonds. The van der Waals surface area contributed by atoms with Gasteiger partial charge in [0.1, 0.15) is 11.6 Å². The van der Waals surface area contributed by atoms with Gasteiger partial charge in [-0.1, -0.05) is 24.3 Å². The highest BCUT2D eigenvalue weighted by molar-refractivity contribution is 5.80. The number of aryl methyl sites for hydroxylation is 1. The molecule has 2 heterocycles. The van der Waals surface area contributed by atoms with Crippen molar-refractivity contribution >= 4 is 22.7 Å². The smallest absolute Gasteiger partial charge is 0.267 e. The number of benzene rings is 2. The molecule has 0 unspecified atom stereocenters. The normalized spacial score (nSPS) is 10.8. The van der Waals surface area contributed by atoms with E-state index in [4.69, 9.17) is 0 Å². The predicted molar refractivity (Wildman–Crippen MR) is 99.6 cm³/mol. The van der Waals surface area contributed by atoms with Crippen molar-refractivity contribution in [2.75, 3.05) is 5.32 Å². The van der Waals surface area contributed by atoms with Gasteiger partial charge in [-0.15, -0.1) is 0 Å². The van der Waals surface area contributed by atoms with E-state index in [1.54, 1.807) is 18.2 Å². The number of nitrogens with zero attached hydrogens (tertiary/aromatic N) is 3. The van der Waals surface area contributed by atoms with Crippen molar-refractivity contribution in [2.45, 2.75) is 6.92 Å². The van der Waals surface area contributed by atoms with Crippen molar-refractivity contribution < 1.29 is 4.39 Å². The Morgan fingerprint density at radius 3 is 2.54 bits per heavy atom. The molecule has 0 aliphatic rings. The van der Waals surface area contributed by atoms with E-state index in [9.17, 15) is 9.18 Å². The van der Waals surface area contributed by atoms with Crippen molar-refractivity contribution in [1.82, 2.24) is 14.5 Å². The van der Waals surface area contributed by atoms with Gasteiger partial charge in [0.2, 0.25) is 5.95 Å². The Kier molecular flexibility index (Phi) is 3.93. The van der Waals surface area contributed by atoms with Gasteiger partial charge in [-0.05, 0) is 49.4 Å². The van der Waals surface area contributed by atoms with Gasteiger partial charge < -0.3 is 5.32 Å². The molecule has 6 heteroatoms. The monoisotopic (exact) mass is 346 g/mol. The van der Waals surface area contributed by atoms with E-state index in [-0.39, 0.29) is 10.9 Å². The highest BCUT2D eigenvalue weighted by atomic mass is 19.1. The molecule has 0 radical (unpaired) electrons. The summed E-state index contributed by atoms with van der Waals surface area (Å²) in [5.74, 6) is 0.415. The third-order valence-electron chi connectivity index (χ3n) is 3.97. The zero-order chi connectivity index (χ0) is 18.1. The minimum Gasteiger partial charge on any atom is -0.310 e. The fourth-order valence-electron chi connectivity index (χ4n) is 2.79. The van der Waals surface area contributed by atoms with Crippen LogP contribution in [0.4, 0.5) is 16.2 Å². The van der Waals surface area contributed by atoms with Gasteiger partial charge in [0.15, 0.2) is 0 Å². The second-order valence-electron chi connectivity index (χ2n) is 5.86. The Morgan fingerprint density at radius 1 is 0.962 bits per heavy atom. The second-order valence-corrected chi connectivity index (χ2v) is 5.86. The molecule has 4 rings (SSSR count). The van der Waals surface area contributed by atoms with Gasteiger partial charge in [0.05, 0.1) is 16.6 Å². The quantitative estimate of drug-likeness (QED) is 0.610. The molecule has 0 spiro atoms. The van der Waals surface area contributed by atoms with Gasteiger partial charge in [-0.3, -0.25) is 4.79 Å². The van der Waals surface area contributed by atoms with E-state index in [1.165, 1.54) is 22.8 Å². The van der Waals surface area contributed by atoms with Crippen molar-refractivity contribution in [3.8, 4) is 5.69 Å². The number of nitrogens with one attached hydrogen (secondary N) is 1. The third kappa shape index (κ3) is 2.93. The summed E-state index contributed by atoms with van der Waals surface area (Å²) in [7, 11) is 0. The summed E-state index contributed by atoms with van der Waals surface area (Å²) in [4.78, 5) is 22.0. The Labute approximate surface area is 148 Å². The lowest BCUT2D eigenvalue weighted by Crippen LogP contribution is -2.23. The number of anilines is 2. The molecule has 5 nitrogen and oxygen atoms in total. The number of rotatable bonds is 3. The molecule has 2 aromatic carbocycles. The summed E-state index contributed by atoms with van der Waals surface area (Å²) in [6.45, 7) is 1.88. The Morgan fingerprint density at radius 2 is 1.77 bits per heavy atom. The first kappa shape index (κ1) is 16.0. The molecular formula is C20H15FN4O. The Hall–Kier alpha value is -3.54. The van der Waals surface area contributed by atoms with Crippen LogP contribution in [0.2, 0.25) is 0 Å². The number of para-hydroxylation sites is 1. The van der Waals surface area contributed by atoms with E-state index in [0.29, 0.717) is 23.0 Å².